The van der Waals surface area contributed by atoms with Crippen LogP contribution in [0.5, 0.6) is 11.5 Å². The van der Waals surface area contributed by atoms with E-state index in [1.807, 2.05) is 12.1 Å². The highest BCUT2D eigenvalue weighted by molar-refractivity contribution is 5.35. The third-order valence-electron chi connectivity index (χ3n) is 5.95. The maximum absolute atomic E-state index is 9.66. The molecule has 2 aliphatic rings. The second-order valence-electron chi connectivity index (χ2n) is 7.82. The van der Waals surface area contributed by atoms with Crippen molar-refractivity contribution >= 4 is 0 Å². The van der Waals surface area contributed by atoms with E-state index in [1.165, 1.54) is 69.8 Å². The Morgan fingerprint density at radius 2 is 1.12 bits per heavy atom. The summed E-state index contributed by atoms with van der Waals surface area (Å²) in [5.41, 5.74) is 2.56. The number of phenols is 2. The number of para-hydroxylation sites is 1. The molecule has 4 rings (SSSR count). The quantitative estimate of drug-likeness (QED) is 0.618. The van der Waals surface area contributed by atoms with Crippen LogP contribution in [0.15, 0.2) is 48.5 Å². The van der Waals surface area contributed by atoms with Crippen LogP contribution in [0.3, 0.4) is 0 Å². The molecule has 0 saturated heterocycles. The molecule has 0 aliphatic heterocycles. The van der Waals surface area contributed by atoms with Gasteiger partial charge >= 0.3 is 0 Å². The van der Waals surface area contributed by atoms with Gasteiger partial charge in [0.25, 0.3) is 0 Å². The number of aromatic hydroxyl groups is 2. The fourth-order valence-electron chi connectivity index (χ4n) is 4.43. The van der Waals surface area contributed by atoms with Gasteiger partial charge in [-0.25, -0.2) is 0 Å². The third-order valence-corrected chi connectivity index (χ3v) is 5.95. The summed E-state index contributed by atoms with van der Waals surface area (Å²) in [6.07, 6.45) is 13.3. The van der Waals surface area contributed by atoms with Crippen LogP contribution < -0.4 is 0 Å². The van der Waals surface area contributed by atoms with Crippen LogP contribution in [0.1, 0.15) is 87.2 Å². The largest absolute Gasteiger partial charge is 0.508 e. The Morgan fingerprint density at radius 3 is 1.69 bits per heavy atom. The molecule has 0 spiro atoms. The summed E-state index contributed by atoms with van der Waals surface area (Å²) < 4.78 is 0. The zero-order valence-electron chi connectivity index (χ0n) is 15.7. The van der Waals surface area contributed by atoms with E-state index in [9.17, 15) is 5.11 Å². The van der Waals surface area contributed by atoms with Crippen molar-refractivity contribution in [3.05, 3.63) is 59.7 Å². The Hall–Kier alpha value is -1.96. The van der Waals surface area contributed by atoms with Crippen molar-refractivity contribution in [2.75, 3.05) is 0 Å². The molecule has 0 aromatic heterocycles. The van der Waals surface area contributed by atoms with E-state index >= 15 is 0 Å². The molecule has 0 bridgehead atoms. The molecule has 0 atom stereocenters. The maximum atomic E-state index is 9.66. The smallest absolute Gasteiger partial charge is 0.119 e. The molecule has 2 fully saturated rings. The minimum Gasteiger partial charge on any atom is -0.508 e. The van der Waals surface area contributed by atoms with Crippen molar-refractivity contribution in [1.82, 2.24) is 0 Å². The molecule has 2 heteroatoms. The lowest BCUT2D eigenvalue weighted by Crippen LogP contribution is -2.04. The lowest BCUT2D eigenvalue weighted by molar-refractivity contribution is 0.414. The normalized spacial score (nSPS) is 18.8. The number of rotatable bonds is 2. The summed E-state index contributed by atoms with van der Waals surface area (Å²) in [6.45, 7) is 0. The Labute approximate surface area is 157 Å². The lowest BCUT2D eigenvalue weighted by Gasteiger charge is -2.22. The fourth-order valence-corrected chi connectivity index (χ4v) is 4.43. The Bertz CT molecular complexity index is 650. The second-order valence-corrected chi connectivity index (χ2v) is 7.82. The molecule has 2 aromatic rings. The Kier molecular flexibility index (Phi) is 6.99. The van der Waals surface area contributed by atoms with Crippen molar-refractivity contribution < 1.29 is 10.2 Å². The summed E-state index contributed by atoms with van der Waals surface area (Å²) in [5, 5.41) is 18.8. The van der Waals surface area contributed by atoms with E-state index in [2.05, 4.69) is 18.2 Å². The van der Waals surface area contributed by atoms with Crippen LogP contribution in [0.4, 0.5) is 0 Å². The Morgan fingerprint density at radius 1 is 0.577 bits per heavy atom. The van der Waals surface area contributed by atoms with Gasteiger partial charge in [0.05, 0.1) is 0 Å². The van der Waals surface area contributed by atoms with Gasteiger partial charge in [0.15, 0.2) is 0 Å². The molecule has 2 saturated carbocycles. The SMILES string of the molecule is Oc1ccc(C2CCCCC2)cc1.Oc1ccccc1C1CCCCC1. The molecule has 0 radical (unpaired) electrons. The molecule has 140 valence electrons. The first kappa shape index (κ1) is 18.8. The molecule has 2 aliphatic carbocycles. The third kappa shape index (κ3) is 5.27. The summed E-state index contributed by atoms with van der Waals surface area (Å²) in [6, 6.07) is 15.5. The Balaban J connectivity index is 0.000000151. The van der Waals surface area contributed by atoms with Crippen molar-refractivity contribution in [3.63, 3.8) is 0 Å². The number of phenolic OH excluding ortho intramolecular Hbond substituents is 2. The zero-order valence-corrected chi connectivity index (χ0v) is 15.7. The highest BCUT2D eigenvalue weighted by Gasteiger charge is 2.17. The lowest BCUT2D eigenvalue weighted by atomic mass is 9.84. The van der Waals surface area contributed by atoms with Gasteiger partial charge < -0.3 is 10.2 Å². The monoisotopic (exact) mass is 352 g/mol. The highest BCUT2D eigenvalue weighted by atomic mass is 16.3. The van der Waals surface area contributed by atoms with Gasteiger partial charge in [0, 0.05) is 0 Å². The van der Waals surface area contributed by atoms with E-state index < -0.39 is 0 Å². The minimum atomic E-state index is 0.375. The molecule has 0 unspecified atom stereocenters. The summed E-state index contributed by atoms with van der Waals surface area (Å²) in [4.78, 5) is 0. The molecule has 0 heterocycles. The number of hydrogen-bond donors (Lipinski definition) is 2. The van der Waals surface area contributed by atoms with Crippen LogP contribution in [0.25, 0.3) is 0 Å². The van der Waals surface area contributed by atoms with Crippen molar-refractivity contribution in [2.24, 2.45) is 0 Å². The topological polar surface area (TPSA) is 40.5 Å². The van der Waals surface area contributed by atoms with Crippen molar-refractivity contribution in [2.45, 2.75) is 76.0 Å². The van der Waals surface area contributed by atoms with Gasteiger partial charge in [0.2, 0.25) is 0 Å². The van der Waals surface area contributed by atoms with Crippen LogP contribution in [0.2, 0.25) is 0 Å². The van der Waals surface area contributed by atoms with Crippen molar-refractivity contribution in [3.8, 4) is 11.5 Å². The van der Waals surface area contributed by atoms with Crippen molar-refractivity contribution in [1.29, 1.82) is 0 Å². The molecule has 2 aromatic carbocycles. The fraction of sp³-hybridized carbons (Fsp3) is 0.500. The van der Waals surface area contributed by atoms with E-state index in [0.717, 1.165) is 11.5 Å². The van der Waals surface area contributed by atoms with E-state index in [-0.39, 0.29) is 0 Å². The molecule has 2 nitrogen and oxygen atoms in total. The molecular weight excluding hydrogens is 320 g/mol. The first-order valence-corrected chi connectivity index (χ1v) is 10.3. The zero-order chi connectivity index (χ0) is 18.2. The standard InChI is InChI=1S/2C12H16O/c13-12-9-5-4-8-11(12)10-6-2-1-3-7-10;13-12-8-6-11(7-9-12)10-4-2-1-3-5-10/h4-5,8-10,13H,1-3,6-7H2;6-10,13H,1-5H2. The molecular formula is C24H32O2. The maximum Gasteiger partial charge on any atom is 0.119 e. The van der Waals surface area contributed by atoms with Crippen LogP contribution in [0, 0.1) is 0 Å². The predicted octanol–water partition coefficient (Wildman–Crippen LogP) is 6.88. The van der Waals surface area contributed by atoms with Gasteiger partial charge in [-0.15, -0.1) is 0 Å². The van der Waals surface area contributed by atoms with E-state index in [1.54, 1.807) is 18.2 Å². The summed E-state index contributed by atoms with van der Waals surface area (Å²) in [5.74, 6) is 2.21. The van der Waals surface area contributed by atoms with Gasteiger partial charge in [-0.3, -0.25) is 0 Å². The molecule has 0 amide bonds. The van der Waals surface area contributed by atoms with Crippen LogP contribution in [-0.4, -0.2) is 10.2 Å². The van der Waals surface area contributed by atoms with Gasteiger partial charge in [0.1, 0.15) is 11.5 Å². The average molecular weight is 353 g/mol. The summed E-state index contributed by atoms with van der Waals surface area (Å²) >= 11 is 0. The summed E-state index contributed by atoms with van der Waals surface area (Å²) in [7, 11) is 0. The number of hydrogen-bond acceptors (Lipinski definition) is 2. The minimum absolute atomic E-state index is 0.375. The molecule has 26 heavy (non-hydrogen) atoms. The second kappa shape index (κ2) is 9.66. The highest BCUT2D eigenvalue weighted by Crippen LogP contribution is 2.36. The van der Waals surface area contributed by atoms with Crippen LogP contribution in [-0.2, 0) is 0 Å². The predicted molar refractivity (Wildman–Crippen MR) is 108 cm³/mol. The van der Waals surface area contributed by atoms with Gasteiger partial charge in [-0.2, -0.15) is 0 Å². The van der Waals surface area contributed by atoms with Gasteiger partial charge in [-0.05, 0) is 66.8 Å². The van der Waals surface area contributed by atoms with E-state index in [4.69, 9.17) is 5.11 Å². The first-order valence-electron chi connectivity index (χ1n) is 10.3. The van der Waals surface area contributed by atoms with Crippen LogP contribution >= 0.6 is 0 Å². The number of benzene rings is 2. The van der Waals surface area contributed by atoms with E-state index in [0.29, 0.717) is 17.4 Å². The first-order chi connectivity index (χ1) is 12.7. The van der Waals surface area contributed by atoms with Gasteiger partial charge in [-0.1, -0.05) is 68.9 Å². The molecule has 2 N–H and O–H groups in total. The average Bonchev–Trinajstić information content (AvgIpc) is 2.71.